The second-order valence-corrected chi connectivity index (χ2v) is 13.1. The normalized spacial score (nSPS) is 23.6. The predicted octanol–water partition coefficient (Wildman–Crippen LogP) is 7.46. The van der Waals surface area contributed by atoms with Crippen LogP contribution in [0.4, 0.5) is 11.4 Å². The Kier molecular flexibility index (Phi) is 6.44. The Labute approximate surface area is 253 Å². The highest BCUT2D eigenvalue weighted by Gasteiger charge is 2.70. The van der Waals surface area contributed by atoms with Gasteiger partial charge in [0.15, 0.2) is 11.6 Å². The van der Waals surface area contributed by atoms with Gasteiger partial charge in [-0.2, -0.15) is 0 Å². The predicted molar refractivity (Wildman–Crippen MR) is 169 cm³/mol. The van der Waals surface area contributed by atoms with Gasteiger partial charge in [-0.1, -0.05) is 86.1 Å². The Morgan fingerprint density at radius 1 is 1.00 bits per heavy atom. The van der Waals surface area contributed by atoms with E-state index in [9.17, 15) is 14.4 Å². The first-order chi connectivity index (χ1) is 20.3. The molecule has 4 atom stereocenters. The van der Waals surface area contributed by atoms with Crippen LogP contribution in [0.5, 0.6) is 0 Å². The van der Waals surface area contributed by atoms with Gasteiger partial charge in [-0.15, -0.1) is 11.3 Å². The Morgan fingerprint density at radius 2 is 1.79 bits per heavy atom. The molecule has 0 aliphatic carbocycles. The summed E-state index contributed by atoms with van der Waals surface area (Å²) in [7, 11) is 0. The molecule has 1 fully saturated rings. The maximum atomic E-state index is 14.9. The van der Waals surface area contributed by atoms with Crippen molar-refractivity contribution in [3.8, 4) is 0 Å². The second-order valence-electron chi connectivity index (χ2n) is 11.7. The lowest BCUT2D eigenvalue weighted by atomic mass is 9.64. The number of thiophene rings is 1. The fraction of sp³-hybridized carbons (Fsp3) is 0.229. The summed E-state index contributed by atoms with van der Waals surface area (Å²) in [6, 6.07) is 22.9. The van der Waals surface area contributed by atoms with Crippen molar-refractivity contribution >= 4 is 57.9 Å². The van der Waals surface area contributed by atoms with Crippen LogP contribution in [0.15, 0.2) is 90.3 Å². The number of carbonyl (C=O) groups is 3. The van der Waals surface area contributed by atoms with Crippen molar-refractivity contribution in [1.29, 1.82) is 0 Å². The van der Waals surface area contributed by atoms with Gasteiger partial charge in [0.05, 0.1) is 16.8 Å². The fourth-order valence-corrected chi connectivity index (χ4v) is 8.05. The molecule has 0 bridgehead atoms. The van der Waals surface area contributed by atoms with Gasteiger partial charge in [-0.25, -0.2) is 0 Å². The van der Waals surface area contributed by atoms with E-state index in [4.69, 9.17) is 11.6 Å². The first-order valence-electron chi connectivity index (χ1n) is 14.2. The van der Waals surface area contributed by atoms with E-state index in [1.54, 1.807) is 12.1 Å². The van der Waals surface area contributed by atoms with Crippen molar-refractivity contribution in [2.24, 2.45) is 11.8 Å². The van der Waals surface area contributed by atoms with E-state index in [2.05, 4.69) is 19.2 Å². The van der Waals surface area contributed by atoms with Crippen LogP contribution in [0, 0.1) is 11.8 Å². The number of carbonyl (C=O) groups excluding carboxylic acids is 3. The molecule has 3 aliphatic heterocycles. The molecule has 7 rings (SSSR count). The molecule has 0 unspecified atom stereocenters. The number of Topliss-reactive ketones (excluding diaryl/α,β-unsaturated/α-hetero) is 2. The summed E-state index contributed by atoms with van der Waals surface area (Å²) in [4.78, 5) is 46.4. The van der Waals surface area contributed by atoms with Crippen molar-refractivity contribution in [1.82, 2.24) is 0 Å². The molecule has 7 heteroatoms. The molecule has 4 heterocycles. The number of amides is 1. The van der Waals surface area contributed by atoms with Crippen molar-refractivity contribution in [3.63, 3.8) is 0 Å². The zero-order valence-corrected chi connectivity index (χ0v) is 24.8. The average Bonchev–Trinajstić information content (AvgIpc) is 3.69. The second kappa shape index (κ2) is 10.1. The Hall–Kier alpha value is -4.00. The quantitative estimate of drug-likeness (QED) is 0.236. The van der Waals surface area contributed by atoms with Gasteiger partial charge >= 0.3 is 0 Å². The van der Waals surface area contributed by atoms with Gasteiger partial charge < -0.3 is 10.2 Å². The SMILES string of the molecule is CC(C)Cc1ccc(C(=O)[C@@H]2[C@@H](C(=O)c3cccs3)N3c4ccc(Cl)cc4C=C[C@@H]3[C@@]23C(=O)Nc2ccccc23)cc1. The number of para-hydroxylation sites is 1. The molecule has 42 heavy (non-hydrogen) atoms. The Morgan fingerprint density at radius 3 is 2.52 bits per heavy atom. The van der Waals surface area contributed by atoms with Crippen LogP contribution in [0.25, 0.3) is 6.08 Å². The summed E-state index contributed by atoms with van der Waals surface area (Å²) in [6.07, 6.45) is 4.82. The maximum absolute atomic E-state index is 14.9. The van der Waals surface area contributed by atoms with Crippen LogP contribution < -0.4 is 10.2 Å². The third kappa shape index (κ3) is 3.92. The lowest BCUT2D eigenvalue weighted by Gasteiger charge is -2.37. The minimum absolute atomic E-state index is 0.171. The smallest absolute Gasteiger partial charge is 0.238 e. The van der Waals surface area contributed by atoms with Gasteiger partial charge in [0, 0.05) is 22.0 Å². The topological polar surface area (TPSA) is 66.5 Å². The molecule has 1 amide bonds. The van der Waals surface area contributed by atoms with Crippen LogP contribution in [0.2, 0.25) is 5.02 Å². The average molecular weight is 593 g/mol. The van der Waals surface area contributed by atoms with Crippen LogP contribution in [-0.4, -0.2) is 29.6 Å². The first kappa shape index (κ1) is 26.9. The molecule has 3 aliphatic rings. The summed E-state index contributed by atoms with van der Waals surface area (Å²) in [6.45, 7) is 4.32. The minimum Gasteiger partial charge on any atom is -0.352 e. The number of hydrogen-bond donors (Lipinski definition) is 1. The molecule has 1 N–H and O–H groups in total. The van der Waals surface area contributed by atoms with Crippen LogP contribution in [0.3, 0.4) is 0 Å². The third-order valence-corrected chi connectivity index (χ3v) is 9.91. The summed E-state index contributed by atoms with van der Waals surface area (Å²) in [5.74, 6) is -1.16. The van der Waals surface area contributed by atoms with E-state index < -0.39 is 23.4 Å². The highest BCUT2D eigenvalue weighted by molar-refractivity contribution is 7.12. The number of nitrogens with zero attached hydrogens (tertiary/aromatic N) is 1. The molecule has 1 saturated heterocycles. The minimum atomic E-state index is -1.32. The van der Waals surface area contributed by atoms with Gasteiger partial charge in [0.25, 0.3) is 0 Å². The molecular formula is C35H29ClN2O3S. The van der Waals surface area contributed by atoms with E-state index >= 15 is 0 Å². The zero-order valence-electron chi connectivity index (χ0n) is 23.2. The lowest BCUT2D eigenvalue weighted by molar-refractivity contribution is -0.121. The molecule has 0 saturated carbocycles. The lowest BCUT2D eigenvalue weighted by Crippen LogP contribution is -2.51. The van der Waals surface area contributed by atoms with E-state index in [0.29, 0.717) is 27.1 Å². The summed E-state index contributed by atoms with van der Waals surface area (Å²) >= 11 is 7.73. The first-order valence-corrected chi connectivity index (χ1v) is 15.4. The summed E-state index contributed by atoms with van der Waals surface area (Å²) < 4.78 is 0. The maximum Gasteiger partial charge on any atom is 0.238 e. The summed E-state index contributed by atoms with van der Waals surface area (Å²) in [5, 5.41) is 5.51. The van der Waals surface area contributed by atoms with Gasteiger partial charge in [-0.3, -0.25) is 14.4 Å². The van der Waals surface area contributed by atoms with E-state index in [-0.39, 0.29) is 17.5 Å². The van der Waals surface area contributed by atoms with Crippen molar-refractivity contribution in [2.75, 3.05) is 10.2 Å². The number of benzene rings is 3. The Bertz CT molecular complexity index is 1760. The molecule has 1 aromatic heterocycles. The molecule has 5 nitrogen and oxygen atoms in total. The fourth-order valence-electron chi connectivity index (χ4n) is 7.17. The van der Waals surface area contributed by atoms with E-state index in [1.807, 2.05) is 89.2 Å². The largest absolute Gasteiger partial charge is 0.352 e. The van der Waals surface area contributed by atoms with Gasteiger partial charge in [-0.05, 0) is 64.7 Å². The summed E-state index contributed by atoms with van der Waals surface area (Å²) in [5.41, 5.74) is 3.35. The third-order valence-electron chi connectivity index (χ3n) is 8.79. The number of hydrogen-bond acceptors (Lipinski definition) is 5. The Balaban J connectivity index is 1.48. The molecule has 4 aromatic rings. The zero-order chi connectivity index (χ0) is 29.2. The van der Waals surface area contributed by atoms with Crippen molar-refractivity contribution in [3.05, 3.63) is 122 Å². The van der Waals surface area contributed by atoms with E-state index in [0.717, 1.165) is 28.8 Å². The number of fused-ring (bicyclic) bond motifs is 6. The van der Waals surface area contributed by atoms with Crippen molar-refractivity contribution < 1.29 is 14.4 Å². The van der Waals surface area contributed by atoms with Crippen LogP contribution in [0.1, 0.15) is 50.6 Å². The number of anilines is 2. The molecular weight excluding hydrogens is 564 g/mol. The van der Waals surface area contributed by atoms with E-state index in [1.165, 1.54) is 11.3 Å². The number of nitrogens with one attached hydrogen (secondary N) is 1. The molecule has 1 spiro atoms. The van der Waals surface area contributed by atoms with Crippen LogP contribution >= 0.6 is 22.9 Å². The number of ketones is 2. The monoisotopic (exact) mass is 592 g/mol. The number of rotatable bonds is 6. The number of halogens is 1. The highest BCUT2D eigenvalue weighted by Crippen LogP contribution is 2.58. The van der Waals surface area contributed by atoms with Gasteiger partial charge in [0.1, 0.15) is 11.5 Å². The van der Waals surface area contributed by atoms with Gasteiger partial charge in [0.2, 0.25) is 5.91 Å². The molecule has 3 aromatic carbocycles. The van der Waals surface area contributed by atoms with Crippen molar-refractivity contribution in [2.45, 2.75) is 37.8 Å². The highest BCUT2D eigenvalue weighted by atomic mass is 35.5. The molecule has 0 radical (unpaired) electrons. The molecule has 210 valence electrons. The standard InChI is InChI=1S/C35H29ClN2O3S/c1-20(2)18-21-9-11-22(12-10-21)32(39)30-31(33(40)28-8-5-17-42-28)38-27-15-14-24(36)19-23(27)13-16-29(38)35(30)25-6-3-4-7-26(25)37-34(35)41/h3-17,19-20,29-31H,18H2,1-2H3,(H,37,41)/t29-,30+,31+,35-/m1/s1. The van der Waals surface area contributed by atoms with Crippen LogP contribution in [-0.2, 0) is 16.6 Å².